The highest BCUT2D eigenvalue weighted by Crippen LogP contribution is 2.30. The highest BCUT2D eigenvalue weighted by atomic mass is 79.9. The number of benzene rings is 3. The van der Waals surface area contributed by atoms with Crippen molar-refractivity contribution in [1.29, 1.82) is 0 Å². The Morgan fingerprint density at radius 1 is 1.03 bits per heavy atom. The third kappa shape index (κ3) is 4.92. The Kier molecular flexibility index (Phi) is 6.42. The number of aromatic nitrogens is 1. The second-order valence-corrected chi connectivity index (χ2v) is 8.73. The van der Waals surface area contributed by atoms with E-state index in [4.69, 9.17) is 5.11 Å². The zero-order valence-electron chi connectivity index (χ0n) is 17.6. The summed E-state index contributed by atoms with van der Waals surface area (Å²) in [5.74, 6) is -0.996. The second kappa shape index (κ2) is 9.40. The largest absolute Gasteiger partial charge is 0.481 e. The Hall–Kier alpha value is -3.38. The summed E-state index contributed by atoms with van der Waals surface area (Å²) in [6.07, 6.45) is 1.84. The molecule has 1 atom stereocenters. The van der Waals surface area contributed by atoms with Gasteiger partial charge in [-0.05, 0) is 52.9 Å². The summed E-state index contributed by atoms with van der Waals surface area (Å²) in [5, 5.41) is 13.1. The first-order valence-corrected chi connectivity index (χ1v) is 11.1. The summed E-state index contributed by atoms with van der Waals surface area (Å²) in [7, 11) is 0. The van der Waals surface area contributed by atoms with Gasteiger partial charge in [-0.1, -0.05) is 64.5 Å². The number of hydrogen-bond donors (Lipinski definition) is 3. The van der Waals surface area contributed by atoms with Crippen LogP contribution >= 0.6 is 15.9 Å². The number of aliphatic carboxylic acids is 1. The van der Waals surface area contributed by atoms with Crippen LogP contribution in [0.25, 0.3) is 10.9 Å². The van der Waals surface area contributed by atoms with Crippen LogP contribution in [-0.4, -0.2) is 22.0 Å². The van der Waals surface area contributed by atoms with E-state index < -0.39 is 5.97 Å². The molecule has 0 aliphatic rings. The predicted octanol–water partition coefficient (Wildman–Crippen LogP) is 5.31. The lowest BCUT2D eigenvalue weighted by atomic mass is 9.97. The van der Waals surface area contributed by atoms with Gasteiger partial charge in [0.1, 0.15) is 0 Å². The molecular weight excluding hydrogens is 468 g/mol. The van der Waals surface area contributed by atoms with Crippen molar-refractivity contribution in [3.05, 3.63) is 105 Å². The standard InChI is InChI=1S/C26H23BrN2O3/c1-16-7-9-20(22(27)11-16)26(18-5-3-2-4-6-18)29-24(30)13-17-8-10-23-21(12-17)19(15-28-23)14-25(31)32/h2-12,15,26,28H,13-14H2,1H3,(H,29,30)(H,31,32). The van der Waals surface area contributed by atoms with Gasteiger partial charge in [0.2, 0.25) is 5.91 Å². The zero-order chi connectivity index (χ0) is 22.7. The van der Waals surface area contributed by atoms with Gasteiger partial charge in [-0.2, -0.15) is 0 Å². The van der Waals surface area contributed by atoms with E-state index in [1.165, 1.54) is 0 Å². The summed E-state index contributed by atoms with van der Waals surface area (Å²) in [6, 6.07) is 21.3. The molecule has 4 aromatic rings. The number of rotatable bonds is 7. The number of amides is 1. The number of carboxylic acids is 1. The smallest absolute Gasteiger partial charge is 0.307 e. The van der Waals surface area contributed by atoms with E-state index in [1.807, 2.05) is 73.7 Å². The molecule has 3 N–H and O–H groups in total. The van der Waals surface area contributed by atoms with Gasteiger partial charge in [-0.3, -0.25) is 9.59 Å². The fourth-order valence-electron chi connectivity index (χ4n) is 3.89. The van der Waals surface area contributed by atoms with Gasteiger partial charge in [0.15, 0.2) is 0 Å². The zero-order valence-corrected chi connectivity index (χ0v) is 19.1. The Balaban J connectivity index is 1.59. The minimum absolute atomic E-state index is 0.0623. The number of aromatic amines is 1. The number of aryl methyl sites for hydroxylation is 1. The van der Waals surface area contributed by atoms with Gasteiger partial charge >= 0.3 is 5.97 Å². The Morgan fingerprint density at radius 3 is 2.53 bits per heavy atom. The summed E-state index contributed by atoms with van der Waals surface area (Å²) in [4.78, 5) is 27.3. The maximum absolute atomic E-state index is 13.1. The van der Waals surface area contributed by atoms with Crippen molar-refractivity contribution in [3.63, 3.8) is 0 Å². The third-order valence-electron chi connectivity index (χ3n) is 5.44. The lowest BCUT2D eigenvalue weighted by Gasteiger charge is -2.21. The van der Waals surface area contributed by atoms with Crippen LogP contribution < -0.4 is 5.32 Å². The van der Waals surface area contributed by atoms with Crippen LogP contribution in [0.3, 0.4) is 0 Å². The molecule has 3 aromatic carbocycles. The van der Waals surface area contributed by atoms with Crippen molar-refractivity contribution in [1.82, 2.24) is 10.3 Å². The topological polar surface area (TPSA) is 82.2 Å². The third-order valence-corrected chi connectivity index (χ3v) is 6.13. The SMILES string of the molecule is Cc1ccc(C(NC(=O)Cc2ccc3[nH]cc(CC(=O)O)c3c2)c2ccccc2)c(Br)c1. The quantitative estimate of drug-likeness (QED) is 0.328. The molecule has 5 nitrogen and oxygen atoms in total. The van der Waals surface area contributed by atoms with Crippen LogP contribution in [0.2, 0.25) is 0 Å². The predicted molar refractivity (Wildman–Crippen MR) is 129 cm³/mol. The van der Waals surface area contributed by atoms with Crippen molar-refractivity contribution in [2.24, 2.45) is 0 Å². The van der Waals surface area contributed by atoms with E-state index in [0.717, 1.165) is 37.6 Å². The van der Waals surface area contributed by atoms with E-state index in [1.54, 1.807) is 6.20 Å². The number of fused-ring (bicyclic) bond motifs is 1. The first-order chi connectivity index (χ1) is 15.4. The summed E-state index contributed by atoms with van der Waals surface area (Å²) < 4.78 is 0.943. The molecule has 0 radical (unpaired) electrons. The first kappa shape index (κ1) is 21.8. The van der Waals surface area contributed by atoms with Gasteiger partial charge in [0, 0.05) is 21.6 Å². The average Bonchev–Trinajstić information content (AvgIpc) is 3.14. The molecule has 1 aromatic heterocycles. The van der Waals surface area contributed by atoms with E-state index in [-0.39, 0.29) is 24.8 Å². The molecule has 1 heterocycles. The van der Waals surface area contributed by atoms with E-state index >= 15 is 0 Å². The van der Waals surface area contributed by atoms with Gasteiger partial charge in [-0.15, -0.1) is 0 Å². The number of H-pyrrole nitrogens is 1. The van der Waals surface area contributed by atoms with Crippen LogP contribution in [0.4, 0.5) is 0 Å². The maximum Gasteiger partial charge on any atom is 0.307 e. The van der Waals surface area contributed by atoms with Crippen LogP contribution in [0.15, 0.2) is 77.4 Å². The van der Waals surface area contributed by atoms with Gasteiger partial charge in [-0.25, -0.2) is 0 Å². The fourth-order valence-corrected chi connectivity index (χ4v) is 4.62. The monoisotopic (exact) mass is 490 g/mol. The maximum atomic E-state index is 13.1. The van der Waals surface area contributed by atoms with E-state index in [2.05, 4.69) is 26.2 Å². The van der Waals surface area contributed by atoms with Crippen LogP contribution in [0, 0.1) is 6.92 Å². The van der Waals surface area contributed by atoms with Crippen molar-refractivity contribution in [2.45, 2.75) is 25.8 Å². The molecule has 162 valence electrons. The minimum Gasteiger partial charge on any atom is -0.481 e. The molecule has 0 spiro atoms. The number of nitrogens with one attached hydrogen (secondary N) is 2. The van der Waals surface area contributed by atoms with Gasteiger partial charge < -0.3 is 15.4 Å². The van der Waals surface area contributed by atoms with Crippen LogP contribution in [0.5, 0.6) is 0 Å². The second-order valence-electron chi connectivity index (χ2n) is 7.88. The normalized spacial score (nSPS) is 11.9. The van der Waals surface area contributed by atoms with Crippen molar-refractivity contribution >= 4 is 38.7 Å². The van der Waals surface area contributed by atoms with Crippen LogP contribution in [0.1, 0.15) is 33.9 Å². The molecule has 1 amide bonds. The Labute approximate surface area is 194 Å². The summed E-state index contributed by atoms with van der Waals surface area (Å²) in [6.45, 7) is 2.03. The molecule has 0 aliphatic heterocycles. The fraction of sp³-hybridized carbons (Fsp3) is 0.154. The van der Waals surface area contributed by atoms with Crippen LogP contribution in [-0.2, 0) is 22.4 Å². The van der Waals surface area contributed by atoms with Crippen molar-refractivity contribution < 1.29 is 14.7 Å². The summed E-state index contributed by atoms with van der Waals surface area (Å²) >= 11 is 3.65. The first-order valence-electron chi connectivity index (χ1n) is 10.3. The molecule has 1 unspecified atom stereocenters. The molecule has 0 bridgehead atoms. The number of halogens is 1. The molecule has 0 saturated carbocycles. The number of carbonyl (C=O) groups excluding carboxylic acids is 1. The number of carbonyl (C=O) groups is 2. The number of carboxylic acid groups (broad SMARTS) is 1. The average molecular weight is 491 g/mol. The molecule has 4 rings (SSSR count). The molecule has 0 fully saturated rings. The van der Waals surface area contributed by atoms with Crippen molar-refractivity contribution in [3.8, 4) is 0 Å². The van der Waals surface area contributed by atoms with Gasteiger partial charge in [0.05, 0.1) is 18.9 Å². The molecule has 0 aliphatic carbocycles. The van der Waals surface area contributed by atoms with Crippen molar-refractivity contribution in [2.75, 3.05) is 0 Å². The lowest BCUT2D eigenvalue weighted by Crippen LogP contribution is -2.30. The molecule has 6 heteroatoms. The molecular formula is C26H23BrN2O3. The Bertz CT molecular complexity index is 1280. The lowest BCUT2D eigenvalue weighted by molar-refractivity contribution is -0.136. The van der Waals surface area contributed by atoms with Gasteiger partial charge in [0.25, 0.3) is 0 Å². The van der Waals surface area contributed by atoms with E-state index in [9.17, 15) is 9.59 Å². The molecule has 0 saturated heterocycles. The summed E-state index contributed by atoms with van der Waals surface area (Å²) in [5.41, 5.74) is 5.51. The molecule has 32 heavy (non-hydrogen) atoms. The number of hydrogen-bond acceptors (Lipinski definition) is 2. The highest BCUT2D eigenvalue weighted by Gasteiger charge is 2.20. The Morgan fingerprint density at radius 2 is 1.81 bits per heavy atom. The highest BCUT2D eigenvalue weighted by molar-refractivity contribution is 9.10. The minimum atomic E-state index is -0.886. The van der Waals surface area contributed by atoms with E-state index in [0.29, 0.717) is 5.56 Å².